The second-order valence-corrected chi connectivity index (χ2v) is 2.51. The third kappa shape index (κ3) is 1.83. The number of hydrogen-bond donors (Lipinski definition) is 0. The number of nitriles is 1. The fourth-order valence-electron chi connectivity index (χ4n) is 1.03. The molecule has 0 bridgehead atoms. The van der Waals surface area contributed by atoms with E-state index in [1.807, 2.05) is 6.07 Å². The molecule has 0 aromatic heterocycles. The number of hydrogen-bond acceptors (Lipinski definition) is 4. The van der Waals surface area contributed by atoms with Crippen LogP contribution in [0.5, 0.6) is 5.75 Å². The molecule has 1 rings (SSSR count). The number of rotatable bonds is 2. The molecule has 0 aliphatic rings. The van der Waals surface area contributed by atoms with Gasteiger partial charge >= 0.3 is 5.97 Å². The molecule has 0 radical (unpaired) electrons. The third-order valence-electron chi connectivity index (χ3n) is 1.75. The van der Waals surface area contributed by atoms with Gasteiger partial charge in [-0.2, -0.15) is 5.26 Å². The van der Waals surface area contributed by atoms with Crippen LogP contribution in [0.2, 0.25) is 0 Å². The fraction of sp³-hybridized carbons (Fsp3) is 0.200. The molecular weight excluding hydrogens is 182 g/mol. The van der Waals surface area contributed by atoms with Gasteiger partial charge in [0.2, 0.25) is 0 Å². The first-order chi connectivity index (χ1) is 6.72. The number of carbonyl (C=O) groups is 1. The highest BCUT2D eigenvalue weighted by atomic mass is 16.5. The molecular formula is C10H9NO3. The van der Waals surface area contributed by atoms with Crippen molar-refractivity contribution >= 4 is 5.97 Å². The Balaban J connectivity index is 3.23. The molecule has 4 heteroatoms. The van der Waals surface area contributed by atoms with E-state index in [0.29, 0.717) is 5.75 Å². The lowest BCUT2D eigenvalue weighted by Gasteiger charge is -2.04. The van der Waals surface area contributed by atoms with Crippen molar-refractivity contribution < 1.29 is 14.3 Å². The van der Waals surface area contributed by atoms with Crippen molar-refractivity contribution in [2.45, 2.75) is 0 Å². The molecule has 0 unspecified atom stereocenters. The van der Waals surface area contributed by atoms with E-state index in [-0.39, 0.29) is 11.1 Å². The maximum Gasteiger partial charge on any atom is 0.339 e. The Hall–Kier alpha value is -2.02. The van der Waals surface area contributed by atoms with E-state index in [0.717, 1.165) is 0 Å². The molecule has 0 N–H and O–H groups in total. The average Bonchev–Trinajstić information content (AvgIpc) is 2.27. The van der Waals surface area contributed by atoms with E-state index in [9.17, 15) is 4.79 Å². The van der Waals surface area contributed by atoms with Crippen LogP contribution in [0.3, 0.4) is 0 Å². The summed E-state index contributed by atoms with van der Waals surface area (Å²) in [6.07, 6.45) is 0. The lowest BCUT2D eigenvalue weighted by Crippen LogP contribution is -2.04. The van der Waals surface area contributed by atoms with Crippen LogP contribution in [0, 0.1) is 11.3 Å². The van der Waals surface area contributed by atoms with Crippen LogP contribution in [-0.4, -0.2) is 20.2 Å². The zero-order chi connectivity index (χ0) is 10.6. The summed E-state index contributed by atoms with van der Waals surface area (Å²) < 4.78 is 9.46. The third-order valence-corrected chi connectivity index (χ3v) is 1.75. The van der Waals surface area contributed by atoms with E-state index < -0.39 is 5.97 Å². The maximum absolute atomic E-state index is 11.2. The topological polar surface area (TPSA) is 59.3 Å². The molecule has 14 heavy (non-hydrogen) atoms. The van der Waals surface area contributed by atoms with Gasteiger partial charge in [0.25, 0.3) is 0 Å². The number of nitrogens with zero attached hydrogens (tertiary/aromatic N) is 1. The lowest BCUT2D eigenvalue weighted by molar-refractivity contribution is 0.0600. The van der Waals surface area contributed by atoms with Gasteiger partial charge in [0.05, 0.1) is 25.3 Å². The van der Waals surface area contributed by atoms with Crippen molar-refractivity contribution in [3.63, 3.8) is 0 Å². The van der Waals surface area contributed by atoms with Crippen LogP contribution in [0.4, 0.5) is 0 Å². The van der Waals surface area contributed by atoms with Crippen molar-refractivity contribution in [1.29, 1.82) is 5.26 Å². The van der Waals surface area contributed by atoms with Gasteiger partial charge in [-0.3, -0.25) is 0 Å². The lowest BCUT2D eigenvalue weighted by atomic mass is 10.1. The van der Waals surface area contributed by atoms with E-state index in [4.69, 9.17) is 10.00 Å². The minimum Gasteiger partial charge on any atom is -0.497 e. The number of carbonyl (C=O) groups excluding carboxylic acids is 1. The van der Waals surface area contributed by atoms with Gasteiger partial charge in [-0.1, -0.05) is 0 Å². The molecule has 0 spiro atoms. The summed E-state index contributed by atoms with van der Waals surface area (Å²) in [5.74, 6) is -0.0233. The van der Waals surface area contributed by atoms with Crippen molar-refractivity contribution in [1.82, 2.24) is 0 Å². The Morgan fingerprint density at radius 2 is 2.14 bits per heavy atom. The van der Waals surface area contributed by atoms with Crippen molar-refractivity contribution in [2.24, 2.45) is 0 Å². The van der Waals surface area contributed by atoms with Gasteiger partial charge in [0.1, 0.15) is 11.8 Å². The highest BCUT2D eigenvalue weighted by molar-refractivity contribution is 5.92. The molecule has 0 saturated carbocycles. The SMILES string of the molecule is COC(=O)c1cc(OC)ccc1C#N. The first-order valence-electron chi connectivity index (χ1n) is 3.89. The molecule has 0 saturated heterocycles. The molecule has 4 nitrogen and oxygen atoms in total. The first kappa shape index (κ1) is 10.1. The summed E-state index contributed by atoms with van der Waals surface area (Å²) in [6, 6.07) is 6.52. The zero-order valence-electron chi connectivity index (χ0n) is 7.90. The Morgan fingerprint density at radius 3 is 2.64 bits per heavy atom. The largest absolute Gasteiger partial charge is 0.497 e. The molecule has 1 aromatic carbocycles. The van der Waals surface area contributed by atoms with Gasteiger partial charge in [-0.15, -0.1) is 0 Å². The average molecular weight is 191 g/mol. The van der Waals surface area contributed by atoms with Crippen LogP contribution in [-0.2, 0) is 4.74 Å². The monoisotopic (exact) mass is 191 g/mol. The van der Waals surface area contributed by atoms with Gasteiger partial charge in [-0.05, 0) is 18.2 Å². The van der Waals surface area contributed by atoms with Gasteiger partial charge in [0, 0.05) is 0 Å². The molecule has 1 aromatic rings. The highest BCUT2D eigenvalue weighted by Gasteiger charge is 2.12. The number of benzene rings is 1. The van der Waals surface area contributed by atoms with E-state index in [2.05, 4.69) is 4.74 Å². The van der Waals surface area contributed by atoms with Crippen LogP contribution in [0.1, 0.15) is 15.9 Å². The highest BCUT2D eigenvalue weighted by Crippen LogP contribution is 2.17. The smallest absolute Gasteiger partial charge is 0.339 e. The molecule has 0 aliphatic carbocycles. The summed E-state index contributed by atoms with van der Waals surface area (Å²) in [5.41, 5.74) is 0.493. The standard InChI is InChI=1S/C10H9NO3/c1-13-8-4-3-7(6-11)9(5-8)10(12)14-2/h3-5H,1-2H3. The Kier molecular flexibility index (Phi) is 3.08. The number of esters is 1. The summed E-state index contributed by atoms with van der Waals surface area (Å²) in [7, 11) is 2.76. The summed E-state index contributed by atoms with van der Waals surface area (Å²) in [5, 5.41) is 8.73. The van der Waals surface area contributed by atoms with E-state index >= 15 is 0 Å². The summed E-state index contributed by atoms with van der Waals surface area (Å²) in [4.78, 5) is 11.2. The predicted molar refractivity (Wildman–Crippen MR) is 49.0 cm³/mol. The number of methoxy groups -OCH3 is 2. The first-order valence-corrected chi connectivity index (χ1v) is 3.89. The van der Waals surface area contributed by atoms with Gasteiger partial charge in [0.15, 0.2) is 0 Å². The molecule has 0 fully saturated rings. The molecule has 0 atom stereocenters. The summed E-state index contributed by atoms with van der Waals surface area (Å²) in [6.45, 7) is 0. The predicted octanol–water partition coefficient (Wildman–Crippen LogP) is 1.35. The van der Waals surface area contributed by atoms with Gasteiger partial charge < -0.3 is 9.47 Å². The van der Waals surface area contributed by atoms with Crippen molar-refractivity contribution in [3.8, 4) is 11.8 Å². The second-order valence-electron chi connectivity index (χ2n) is 2.51. The Bertz CT molecular complexity index is 393. The van der Waals surface area contributed by atoms with E-state index in [1.54, 1.807) is 6.07 Å². The number of ether oxygens (including phenoxy) is 2. The van der Waals surface area contributed by atoms with Crippen LogP contribution >= 0.6 is 0 Å². The molecule has 0 amide bonds. The minimum atomic E-state index is -0.541. The van der Waals surface area contributed by atoms with Gasteiger partial charge in [-0.25, -0.2) is 4.79 Å². The quantitative estimate of drug-likeness (QED) is 0.662. The maximum atomic E-state index is 11.2. The fourth-order valence-corrected chi connectivity index (χ4v) is 1.03. The molecule has 0 aliphatic heterocycles. The normalized spacial score (nSPS) is 8.93. The van der Waals surface area contributed by atoms with Crippen molar-refractivity contribution in [3.05, 3.63) is 29.3 Å². The van der Waals surface area contributed by atoms with Crippen LogP contribution in [0.15, 0.2) is 18.2 Å². The molecule has 0 heterocycles. The minimum absolute atomic E-state index is 0.217. The van der Waals surface area contributed by atoms with Crippen molar-refractivity contribution in [2.75, 3.05) is 14.2 Å². The zero-order valence-corrected chi connectivity index (χ0v) is 7.90. The molecule has 72 valence electrons. The Labute approximate surface area is 81.7 Å². The van der Waals surface area contributed by atoms with Crippen LogP contribution < -0.4 is 4.74 Å². The second kappa shape index (κ2) is 4.28. The van der Waals surface area contributed by atoms with Crippen LogP contribution in [0.25, 0.3) is 0 Å². The van der Waals surface area contributed by atoms with E-state index in [1.165, 1.54) is 26.4 Å². The Morgan fingerprint density at radius 1 is 1.43 bits per heavy atom. The summed E-state index contributed by atoms with van der Waals surface area (Å²) >= 11 is 0.